The summed E-state index contributed by atoms with van der Waals surface area (Å²) in [4.78, 5) is 19.0. The Morgan fingerprint density at radius 2 is 1.88 bits per heavy atom. The lowest BCUT2D eigenvalue weighted by Crippen LogP contribution is -2.51. The Labute approximate surface area is 150 Å². The van der Waals surface area contributed by atoms with Crippen molar-refractivity contribution in [1.82, 2.24) is 14.7 Å². The van der Waals surface area contributed by atoms with Gasteiger partial charge >= 0.3 is 0 Å². The lowest BCUT2D eigenvalue weighted by molar-refractivity contribution is -0.137. The van der Waals surface area contributed by atoms with E-state index in [1.54, 1.807) is 7.11 Å². The van der Waals surface area contributed by atoms with Crippen LogP contribution in [0.5, 0.6) is 5.75 Å². The van der Waals surface area contributed by atoms with Crippen LogP contribution in [-0.4, -0.2) is 86.7 Å². The van der Waals surface area contributed by atoms with Crippen molar-refractivity contribution in [2.45, 2.75) is 13.0 Å². The van der Waals surface area contributed by atoms with Crippen molar-refractivity contribution >= 4 is 5.91 Å². The SMILES string of the molecule is COc1cccc(C(C)N2CCN(CC(=O)N3CCOCC3)CC2)c1. The molecule has 1 aromatic rings. The molecule has 1 aromatic carbocycles. The molecule has 138 valence electrons. The number of hydrogen-bond donors (Lipinski definition) is 0. The number of methoxy groups -OCH3 is 1. The van der Waals surface area contributed by atoms with Gasteiger partial charge in [0.2, 0.25) is 5.91 Å². The molecule has 0 radical (unpaired) electrons. The smallest absolute Gasteiger partial charge is 0.236 e. The van der Waals surface area contributed by atoms with Crippen LogP contribution in [-0.2, 0) is 9.53 Å². The molecule has 2 fully saturated rings. The first-order chi connectivity index (χ1) is 12.2. The van der Waals surface area contributed by atoms with Gasteiger partial charge in [0.05, 0.1) is 26.9 Å². The van der Waals surface area contributed by atoms with Crippen molar-refractivity contribution in [3.8, 4) is 5.75 Å². The fourth-order valence-electron chi connectivity index (χ4n) is 3.52. The molecule has 3 rings (SSSR count). The van der Waals surface area contributed by atoms with Gasteiger partial charge in [-0.2, -0.15) is 0 Å². The summed E-state index contributed by atoms with van der Waals surface area (Å²) in [5.41, 5.74) is 1.28. The van der Waals surface area contributed by atoms with Gasteiger partial charge in [-0.05, 0) is 24.6 Å². The molecule has 2 saturated heterocycles. The number of carbonyl (C=O) groups excluding carboxylic acids is 1. The van der Waals surface area contributed by atoms with Crippen molar-refractivity contribution in [3.63, 3.8) is 0 Å². The summed E-state index contributed by atoms with van der Waals surface area (Å²) in [5.74, 6) is 1.14. The van der Waals surface area contributed by atoms with Crippen LogP contribution in [0.2, 0.25) is 0 Å². The van der Waals surface area contributed by atoms with Crippen LogP contribution >= 0.6 is 0 Å². The summed E-state index contributed by atoms with van der Waals surface area (Å²) in [6, 6.07) is 8.64. The second-order valence-electron chi connectivity index (χ2n) is 6.76. The van der Waals surface area contributed by atoms with Gasteiger partial charge in [-0.25, -0.2) is 0 Å². The van der Waals surface area contributed by atoms with E-state index in [0.717, 1.165) is 45.0 Å². The molecule has 0 aliphatic carbocycles. The van der Waals surface area contributed by atoms with Crippen LogP contribution in [0.15, 0.2) is 24.3 Å². The van der Waals surface area contributed by atoms with E-state index in [0.29, 0.717) is 25.8 Å². The Bertz CT molecular complexity index is 567. The van der Waals surface area contributed by atoms with E-state index in [2.05, 4.69) is 28.9 Å². The highest BCUT2D eigenvalue weighted by Crippen LogP contribution is 2.24. The monoisotopic (exact) mass is 347 g/mol. The molecule has 0 N–H and O–H groups in total. The van der Waals surface area contributed by atoms with Crippen LogP contribution in [0.25, 0.3) is 0 Å². The normalized spacial score (nSPS) is 21.1. The number of benzene rings is 1. The van der Waals surface area contributed by atoms with Gasteiger partial charge in [0.15, 0.2) is 0 Å². The highest BCUT2D eigenvalue weighted by Gasteiger charge is 2.25. The Morgan fingerprint density at radius 3 is 2.56 bits per heavy atom. The largest absolute Gasteiger partial charge is 0.497 e. The first-order valence-electron chi connectivity index (χ1n) is 9.13. The maximum absolute atomic E-state index is 12.4. The second kappa shape index (κ2) is 8.65. The first-order valence-corrected chi connectivity index (χ1v) is 9.13. The number of morpholine rings is 1. The third kappa shape index (κ3) is 4.71. The van der Waals surface area contributed by atoms with Gasteiger partial charge < -0.3 is 14.4 Å². The van der Waals surface area contributed by atoms with Crippen molar-refractivity contribution in [1.29, 1.82) is 0 Å². The molecule has 1 atom stereocenters. The van der Waals surface area contributed by atoms with Crippen LogP contribution in [0.3, 0.4) is 0 Å². The molecule has 0 saturated carbocycles. The Kier molecular flexibility index (Phi) is 6.29. The quantitative estimate of drug-likeness (QED) is 0.802. The van der Waals surface area contributed by atoms with Crippen molar-refractivity contribution in [2.75, 3.05) is 66.1 Å². The van der Waals surface area contributed by atoms with E-state index in [4.69, 9.17) is 9.47 Å². The number of carbonyl (C=O) groups is 1. The molecular formula is C19H29N3O3. The minimum atomic E-state index is 0.234. The molecule has 2 aliphatic rings. The maximum atomic E-state index is 12.4. The number of rotatable bonds is 5. The summed E-state index contributed by atoms with van der Waals surface area (Å²) in [6.07, 6.45) is 0. The Hall–Kier alpha value is -1.63. The van der Waals surface area contributed by atoms with Crippen molar-refractivity contribution < 1.29 is 14.3 Å². The van der Waals surface area contributed by atoms with Gasteiger partial charge in [0.25, 0.3) is 0 Å². The average Bonchev–Trinajstić information content (AvgIpc) is 2.68. The molecule has 2 heterocycles. The molecular weight excluding hydrogens is 318 g/mol. The summed E-state index contributed by atoms with van der Waals surface area (Å²) >= 11 is 0. The highest BCUT2D eigenvalue weighted by molar-refractivity contribution is 5.78. The number of hydrogen-bond acceptors (Lipinski definition) is 5. The number of nitrogens with zero attached hydrogens (tertiary/aromatic N) is 3. The summed E-state index contributed by atoms with van der Waals surface area (Å²) in [7, 11) is 1.70. The molecule has 1 unspecified atom stereocenters. The van der Waals surface area contributed by atoms with Crippen molar-refractivity contribution in [2.24, 2.45) is 0 Å². The van der Waals surface area contributed by atoms with E-state index < -0.39 is 0 Å². The topological polar surface area (TPSA) is 45.2 Å². The summed E-state index contributed by atoms with van der Waals surface area (Å²) in [5, 5.41) is 0. The summed E-state index contributed by atoms with van der Waals surface area (Å²) < 4.78 is 10.6. The minimum absolute atomic E-state index is 0.234. The van der Waals surface area contributed by atoms with E-state index in [-0.39, 0.29) is 5.91 Å². The zero-order valence-corrected chi connectivity index (χ0v) is 15.3. The highest BCUT2D eigenvalue weighted by atomic mass is 16.5. The summed E-state index contributed by atoms with van der Waals surface area (Å²) in [6.45, 7) is 9.38. The maximum Gasteiger partial charge on any atom is 0.236 e. The van der Waals surface area contributed by atoms with E-state index in [1.807, 2.05) is 17.0 Å². The third-order valence-electron chi connectivity index (χ3n) is 5.25. The fourth-order valence-corrected chi connectivity index (χ4v) is 3.52. The standard InChI is InChI=1S/C19H29N3O3/c1-16(17-4-3-5-18(14-17)24-2)21-8-6-20(7-9-21)15-19(23)22-10-12-25-13-11-22/h3-5,14,16H,6-13,15H2,1-2H3. The van der Waals surface area contributed by atoms with E-state index in [9.17, 15) is 4.79 Å². The molecule has 2 aliphatic heterocycles. The van der Waals surface area contributed by atoms with Gasteiger partial charge in [-0.1, -0.05) is 12.1 Å². The molecule has 0 aromatic heterocycles. The van der Waals surface area contributed by atoms with Crippen LogP contribution < -0.4 is 4.74 Å². The van der Waals surface area contributed by atoms with E-state index >= 15 is 0 Å². The van der Waals surface area contributed by atoms with Gasteiger partial charge in [-0.3, -0.25) is 14.6 Å². The van der Waals surface area contributed by atoms with Crippen molar-refractivity contribution in [3.05, 3.63) is 29.8 Å². The zero-order chi connectivity index (χ0) is 17.6. The number of ether oxygens (including phenoxy) is 2. The Morgan fingerprint density at radius 1 is 1.16 bits per heavy atom. The van der Waals surface area contributed by atoms with Gasteiger partial charge in [0, 0.05) is 45.3 Å². The average molecular weight is 347 g/mol. The minimum Gasteiger partial charge on any atom is -0.497 e. The van der Waals surface area contributed by atoms with Gasteiger partial charge in [0.1, 0.15) is 5.75 Å². The predicted octanol–water partition coefficient (Wildman–Crippen LogP) is 1.23. The second-order valence-corrected chi connectivity index (χ2v) is 6.76. The van der Waals surface area contributed by atoms with Crippen LogP contribution in [0.1, 0.15) is 18.5 Å². The van der Waals surface area contributed by atoms with Crippen LogP contribution in [0, 0.1) is 0 Å². The molecule has 0 spiro atoms. The fraction of sp³-hybridized carbons (Fsp3) is 0.632. The zero-order valence-electron chi connectivity index (χ0n) is 15.3. The van der Waals surface area contributed by atoms with Crippen LogP contribution in [0.4, 0.5) is 0 Å². The Balaban J connectivity index is 1.48. The third-order valence-corrected chi connectivity index (χ3v) is 5.25. The number of amides is 1. The first kappa shape index (κ1) is 18.2. The molecule has 0 bridgehead atoms. The lowest BCUT2D eigenvalue weighted by Gasteiger charge is -2.38. The molecule has 6 nitrogen and oxygen atoms in total. The lowest BCUT2D eigenvalue weighted by atomic mass is 10.1. The van der Waals surface area contributed by atoms with Gasteiger partial charge in [-0.15, -0.1) is 0 Å². The van der Waals surface area contributed by atoms with E-state index in [1.165, 1.54) is 5.56 Å². The molecule has 25 heavy (non-hydrogen) atoms. The molecule has 1 amide bonds. The number of piperazine rings is 1. The predicted molar refractivity (Wildman–Crippen MR) is 96.8 cm³/mol. The molecule has 6 heteroatoms.